The minimum atomic E-state index is -0.829. The number of carbonyl (C=O) groups is 2. The van der Waals surface area contributed by atoms with Gasteiger partial charge in [-0.15, -0.1) is 0 Å². The molecule has 92 valence electrons. The zero-order valence-electron chi connectivity index (χ0n) is 10.1. The first kappa shape index (κ1) is 13.0. The minimum Gasteiger partial charge on any atom is -0.481 e. The van der Waals surface area contributed by atoms with Crippen molar-refractivity contribution in [2.24, 2.45) is 11.8 Å². The van der Waals surface area contributed by atoms with E-state index in [1.54, 1.807) is 13.8 Å². The van der Waals surface area contributed by atoms with Crippen LogP contribution in [0.5, 0.6) is 0 Å². The molecule has 2 atom stereocenters. The number of nitrogens with zero attached hydrogens (tertiary/aromatic N) is 1. The molecule has 16 heavy (non-hydrogen) atoms. The normalized spacial score (nSPS) is 26.0. The second-order valence-corrected chi connectivity index (χ2v) is 4.47. The van der Waals surface area contributed by atoms with Crippen molar-refractivity contribution in [1.82, 2.24) is 10.2 Å². The molecule has 2 N–H and O–H groups in total. The molecular weight excluding hydrogens is 208 g/mol. The fourth-order valence-electron chi connectivity index (χ4n) is 1.97. The molecule has 0 aliphatic carbocycles. The molecule has 1 amide bonds. The van der Waals surface area contributed by atoms with Crippen LogP contribution in [0.1, 0.15) is 27.2 Å². The molecule has 1 fully saturated rings. The van der Waals surface area contributed by atoms with Gasteiger partial charge in [0.05, 0.1) is 12.1 Å². The molecule has 0 spiro atoms. The highest BCUT2D eigenvalue weighted by atomic mass is 16.4. The van der Waals surface area contributed by atoms with E-state index in [-0.39, 0.29) is 18.0 Å². The SMILES string of the molecule is CCN1CCC(C(=O)O)C1NC(=O)C(C)C. The first-order chi connectivity index (χ1) is 7.47. The number of hydrogen-bond donors (Lipinski definition) is 2. The lowest BCUT2D eigenvalue weighted by Gasteiger charge is -2.27. The molecule has 1 aliphatic heterocycles. The van der Waals surface area contributed by atoms with Crippen LogP contribution in [0.15, 0.2) is 0 Å². The summed E-state index contributed by atoms with van der Waals surface area (Å²) in [6.07, 6.45) is 0.254. The molecule has 1 heterocycles. The standard InChI is InChI=1S/C11H20N2O3/c1-4-13-6-5-8(11(15)16)9(13)12-10(14)7(2)3/h7-9H,4-6H2,1-3H3,(H,12,14)(H,15,16). The van der Waals surface area contributed by atoms with E-state index in [2.05, 4.69) is 5.32 Å². The van der Waals surface area contributed by atoms with Crippen molar-refractivity contribution in [2.75, 3.05) is 13.1 Å². The minimum absolute atomic E-state index is 0.0865. The summed E-state index contributed by atoms with van der Waals surface area (Å²) < 4.78 is 0. The van der Waals surface area contributed by atoms with Gasteiger partial charge in [-0.05, 0) is 13.0 Å². The summed E-state index contributed by atoms with van der Waals surface area (Å²) in [5.74, 6) is -1.52. The quantitative estimate of drug-likeness (QED) is 0.735. The van der Waals surface area contributed by atoms with Crippen molar-refractivity contribution in [3.63, 3.8) is 0 Å². The molecule has 5 nitrogen and oxygen atoms in total. The van der Waals surface area contributed by atoms with Crippen molar-refractivity contribution in [2.45, 2.75) is 33.4 Å². The summed E-state index contributed by atoms with van der Waals surface area (Å²) in [7, 11) is 0. The third-order valence-corrected chi connectivity index (χ3v) is 3.04. The van der Waals surface area contributed by atoms with Crippen molar-refractivity contribution in [1.29, 1.82) is 0 Å². The topological polar surface area (TPSA) is 69.6 Å². The van der Waals surface area contributed by atoms with Gasteiger partial charge in [0.2, 0.25) is 5.91 Å². The highest BCUT2D eigenvalue weighted by molar-refractivity contribution is 5.79. The number of carboxylic acids is 1. The Bertz CT molecular complexity index is 278. The summed E-state index contributed by atoms with van der Waals surface area (Å²) in [4.78, 5) is 24.6. The van der Waals surface area contributed by atoms with Crippen molar-refractivity contribution >= 4 is 11.9 Å². The van der Waals surface area contributed by atoms with Gasteiger partial charge in [0, 0.05) is 12.5 Å². The molecule has 0 aromatic heterocycles. The molecule has 0 bridgehead atoms. The van der Waals surface area contributed by atoms with Crippen molar-refractivity contribution in [3.05, 3.63) is 0 Å². The fraction of sp³-hybridized carbons (Fsp3) is 0.818. The van der Waals surface area contributed by atoms with Gasteiger partial charge in [0.15, 0.2) is 0 Å². The highest BCUT2D eigenvalue weighted by Gasteiger charge is 2.39. The van der Waals surface area contributed by atoms with Crippen LogP contribution in [0, 0.1) is 11.8 Å². The van der Waals surface area contributed by atoms with Crippen LogP contribution in [0.4, 0.5) is 0 Å². The molecule has 0 saturated carbocycles. The largest absolute Gasteiger partial charge is 0.481 e. The monoisotopic (exact) mass is 228 g/mol. The van der Waals surface area contributed by atoms with Gasteiger partial charge in [-0.3, -0.25) is 14.5 Å². The van der Waals surface area contributed by atoms with Gasteiger partial charge >= 0.3 is 5.97 Å². The third-order valence-electron chi connectivity index (χ3n) is 3.04. The van der Waals surface area contributed by atoms with E-state index in [9.17, 15) is 9.59 Å². The van der Waals surface area contributed by atoms with Gasteiger partial charge in [-0.2, -0.15) is 0 Å². The van der Waals surface area contributed by atoms with Crippen LogP contribution >= 0.6 is 0 Å². The number of rotatable bonds is 4. The molecule has 0 aromatic carbocycles. The first-order valence-corrected chi connectivity index (χ1v) is 5.74. The summed E-state index contributed by atoms with van der Waals surface area (Å²) in [6, 6.07) is 0. The summed E-state index contributed by atoms with van der Waals surface area (Å²) in [5, 5.41) is 11.9. The Morgan fingerprint density at radius 1 is 1.50 bits per heavy atom. The molecule has 0 aromatic rings. The van der Waals surface area contributed by atoms with Gasteiger partial charge < -0.3 is 10.4 Å². The van der Waals surface area contributed by atoms with Crippen LogP contribution in [-0.2, 0) is 9.59 Å². The number of nitrogens with one attached hydrogen (secondary N) is 1. The zero-order chi connectivity index (χ0) is 12.3. The average molecular weight is 228 g/mol. The van der Waals surface area contributed by atoms with Crippen LogP contribution in [0.25, 0.3) is 0 Å². The maximum absolute atomic E-state index is 11.6. The Morgan fingerprint density at radius 3 is 2.56 bits per heavy atom. The lowest BCUT2D eigenvalue weighted by molar-refractivity contribution is -0.143. The van der Waals surface area contributed by atoms with Crippen LogP contribution in [-0.4, -0.2) is 41.1 Å². The molecule has 1 rings (SSSR count). The van der Waals surface area contributed by atoms with E-state index in [0.717, 1.165) is 13.1 Å². The van der Waals surface area contributed by atoms with Gasteiger partial charge in [-0.25, -0.2) is 0 Å². The Balaban J connectivity index is 2.70. The lowest BCUT2D eigenvalue weighted by atomic mass is 10.1. The number of aliphatic carboxylic acids is 1. The zero-order valence-corrected chi connectivity index (χ0v) is 10.1. The molecular formula is C11H20N2O3. The predicted octanol–water partition coefficient (Wildman–Crippen LogP) is 0.511. The van der Waals surface area contributed by atoms with Crippen LogP contribution in [0.2, 0.25) is 0 Å². The molecule has 2 unspecified atom stereocenters. The van der Waals surface area contributed by atoms with E-state index in [0.29, 0.717) is 6.42 Å². The maximum Gasteiger partial charge on any atom is 0.310 e. The summed E-state index contributed by atoms with van der Waals surface area (Å²) >= 11 is 0. The predicted molar refractivity (Wildman–Crippen MR) is 59.8 cm³/mol. The Kier molecular flexibility index (Phi) is 4.29. The Morgan fingerprint density at radius 2 is 2.12 bits per heavy atom. The number of hydrogen-bond acceptors (Lipinski definition) is 3. The molecule has 5 heteroatoms. The van der Waals surface area contributed by atoms with Gasteiger partial charge in [0.1, 0.15) is 0 Å². The molecule has 1 saturated heterocycles. The molecule has 0 radical (unpaired) electrons. The number of carbonyl (C=O) groups excluding carboxylic acids is 1. The summed E-state index contributed by atoms with van der Waals surface area (Å²) in [5.41, 5.74) is 0. The van der Waals surface area contributed by atoms with Gasteiger partial charge in [-0.1, -0.05) is 20.8 Å². The summed E-state index contributed by atoms with van der Waals surface area (Å²) in [6.45, 7) is 7.06. The van der Waals surface area contributed by atoms with E-state index in [4.69, 9.17) is 5.11 Å². The third kappa shape index (κ3) is 2.72. The van der Waals surface area contributed by atoms with Crippen LogP contribution in [0.3, 0.4) is 0 Å². The average Bonchev–Trinajstić information content (AvgIpc) is 2.60. The maximum atomic E-state index is 11.6. The van der Waals surface area contributed by atoms with Gasteiger partial charge in [0.25, 0.3) is 0 Å². The second kappa shape index (κ2) is 5.30. The van der Waals surface area contributed by atoms with E-state index < -0.39 is 11.9 Å². The Hall–Kier alpha value is -1.10. The highest BCUT2D eigenvalue weighted by Crippen LogP contribution is 2.22. The number of likely N-dealkylation sites (tertiary alicyclic amines) is 1. The second-order valence-electron chi connectivity index (χ2n) is 4.47. The molecule has 1 aliphatic rings. The number of amides is 1. The smallest absolute Gasteiger partial charge is 0.310 e. The Labute approximate surface area is 95.8 Å². The fourth-order valence-corrected chi connectivity index (χ4v) is 1.97. The van der Waals surface area contributed by atoms with E-state index in [1.807, 2.05) is 11.8 Å². The van der Waals surface area contributed by atoms with E-state index >= 15 is 0 Å². The van der Waals surface area contributed by atoms with E-state index in [1.165, 1.54) is 0 Å². The van der Waals surface area contributed by atoms with Crippen molar-refractivity contribution in [3.8, 4) is 0 Å². The first-order valence-electron chi connectivity index (χ1n) is 5.74. The van der Waals surface area contributed by atoms with Crippen molar-refractivity contribution < 1.29 is 14.7 Å². The van der Waals surface area contributed by atoms with Crippen LogP contribution < -0.4 is 5.32 Å². The number of carboxylic acid groups (broad SMARTS) is 1. The lowest BCUT2D eigenvalue weighted by Crippen LogP contribution is -2.50.